The summed E-state index contributed by atoms with van der Waals surface area (Å²) in [6.45, 7) is 6.40. The van der Waals surface area contributed by atoms with Gasteiger partial charge in [0, 0.05) is 56.0 Å². The van der Waals surface area contributed by atoms with Crippen LogP contribution in [0.4, 0.5) is 5.69 Å². The Morgan fingerprint density at radius 2 is 1.68 bits per heavy atom. The Morgan fingerprint density at radius 1 is 0.968 bits per heavy atom. The van der Waals surface area contributed by atoms with Gasteiger partial charge in [-0.2, -0.15) is 0 Å². The molecule has 0 saturated carbocycles. The molecule has 0 spiro atoms. The van der Waals surface area contributed by atoms with E-state index in [4.69, 9.17) is 11.6 Å². The molecule has 4 rings (SSSR count). The number of piperazine rings is 1. The highest BCUT2D eigenvalue weighted by Gasteiger charge is 2.40. The van der Waals surface area contributed by atoms with E-state index in [2.05, 4.69) is 11.8 Å². The summed E-state index contributed by atoms with van der Waals surface area (Å²) in [5, 5.41) is 0.620. The molecule has 3 amide bonds. The summed E-state index contributed by atoms with van der Waals surface area (Å²) in [5.74, 6) is -0.643. The highest BCUT2D eigenvalue weighted by Crippen LogP contribution is 2.28. The van der Waals surface area contributed by atoms with Crippen LogP contribution in [0.25, 0.3) is 0 Å². The molecule has 3 fully saturated rings. The van der Waals surface area contributed by atoms with Crippen molar-refractivity contribution in [2.45, 2.75) is 38.6 Å². The van der Waals surface area contributed by atoms with Crippen LogP contribution in [0.3, 0.4) is 0 Å². The lowest BCUT2D eigenvalue weighted by Gasteiger charge is -2.38. The number of rotatable bonds is 4. The number of carbonyl (C=O) groups excluding carboxylic acids is 3. The van der Waals surface area contributed by atoms with Crippen molar-refractivity contribution in [3.63, 3.8) is 0 Å². The van der Waals surface area contributed by atoms with Crippen molar-refractivity contribution < 1.29 is 14.4 Å². The summed E-state index contributed by atoms with van der Waals surface area (Å²) in [7, 11) is 0. The quantitative estimate of drug-likeness (QED) is 0.665. The summed E-state index contributed by atoms with van der Waals surface area (Å²) in [4.78, 5) is 46.2. The molecule has 1 aromatic rings. The van der Waals surface area contributed by atoms with Crippen molar-refractivity contribution in [2.75, 3.05) is 50.7 Å². The van der Waals surface area contributed by atoms with Crippen molar-refractivity contribution >= 4 is 35.0 Å². The Kier molecular flexibility index (Phi) is 6.82. The van der Waals surface area contributed by atoms with Gasteiger partial charge in [0.1, 0.15) is 5.92 Å². The Balaban J connectivity index is 1.28. The van der Waals surface area contributed by atoms with E-state index < -0.39 is 5.92 Å². The van der Waals surface area contributed by atoms with Crippen LogP contribution in [-0.2, 0) is 14.4 Å². The van der Waals surface area contributed by atoms with Crippen LogP contribution in [0.1, 0.15) is 32.6 Å². The van der Waals surface area contributed by atoms with Gasteiger partial charge in [-0.25, -0.2) is 0 Å². The van der Waals surface area contributed by atoms with E-state index in [0.29, 0.717) is 56.8 Å². The van der Waals surface area contributed by atoms with Gasteiger partial charge < -0.3 is 14.7 Å². The maximum absolute atomic E-state index is 13.0. The average Bonchev–Trinajstić information content (AvgIpc) is 3.16. The Hall–Kier alpha value is -2.12. The zero-order chi connectivity index (χ0) is 22.0. The topological polar surface area (TPSA) is 64.2 Å². The van der Waals surface area contributed by atoms with Crippen molar-refractivity contribution in [2.24, 2.45) is 5.92 Å². The number of anilines is 1. The molecule has 168 valence electrons. The second kappa shape index (κ2) is 9.57. The summed E-state index contributed by atoms with van der Waals surface area (Å²) < 4.78 is 0. The number of nitrogens with zero attached hydrogens (tertiary/aromatic N) is 4. The van der Waals surface area contributed by atoms with Gasteiger partial charge in [-0.05, 0) is 56.9 Å². The molecule has 3 heterocycles. The molecule has 3 aliphatic heterocycles. The predicted molar refractivity (Wildman–Crippen MR) is 120 cm³/mol. The SMILES string of the molecule is CC1CCCCN1C(=O)CN1CCN(C(=O)C2CCN(c3ccc(Cl)cc3)C2=O)CC1. The molecule has 0 radical (unpaired) electrons. The molecular weight excluding hydrogens is 416 g/mol. The molecule has 1 aromatic carbocycles. The van der Waals surface area contributed by atoms with Gasteiger partial charge in [0.05, 0.1) is 6.54 Å². The summed E-state index contributed by atoms with van der Waals surface area (Å²) in [6.07, 6.45) is 3.89. The van der Waals surface area contributed by atoms with Gasteiger partial charge in [0.15, 0.2) is 0 Å². The standard InChI is InChI=1S/C23H31ClN4O3/c1-17-4-2-3-10-27(17)21(29)16-25-12-14-26(15-13-25)22(30)20-9-11-28(23(20)31)19-7-5-18(24)6-8-19/h5-8,17,20H,2-4,9-16H2,1H3. The van der Waals surface area contributed by atoms with Gasteiger partial charge in [-0.1, -0.05) is 11.6 Å². The van der Waals surface area contributed by atoms with E-state index in [1.165, 1.54) is 6.42 Å². The third-order valence-electron chi connectivity index (χ3n) is 6.81. The maximum atomic E-state index is 13.0. The molecule has 8 heteroatoms. The number of piperidine rings is 1. The van der Waals surface area contributed by atoms with Crippen LogP contribution in [0.5, 0.6) is 0 Å². The summed E-state index contributed by atoms with van der Waals surface area (Å²) >= 11 is 5.94. The van der Waals surface area contributed by atoms with Gasteiger partial charge in [-0.3, -0.25) is 19.3 Å². The lowest BCUT2D eigenvalue weighted by atomic mass is 10.0. The molecule has 0 aliphatic carbocycles. The smallest absolute Gasteiger partial charge is 0.239 e. The fourth-order valence-electron chi connectivity index (χ4n) is 4.88. The largest absolute Gasteiger partial charge is 0.339 e. The van der Waals surface area contributed by atoms with Gasteiger partial charge in [-0.15, -0.1) is 0 Å². The number of likely N-dealkylation sites (tertiary alicyclic amines) is 1. The van der Waals surface area contributed by atoms with Crippen LogP contribution < -0.4 is 4.90 Å². The van der Waals surface area contributed by atoms with Gasteiger partial charge >= 0.3 is 0 Å². The van der Waals surface area contributed by atoms with Crippen molar-refractivity contribution in [3.05, 3.63) is 29.3 Å². The zero-order valence-electron chi connectivity index (χ0n) is 18.1. The second-order valence-corrected chi connectivity index (χ2v) is 9.28. The second-order valence-electron chi connectivity index (χ2n) is 8.84. The molecule has 31 heavy (non-hydrogen) atoms. The molecule has 0 N–H and O–H groups in total. The minimum absolute atomic E-state index is 0.0860. The molecule has 0 bridgehead atoms. The van der Waals surface area contributed by atoms with Gasteiger partial charge in [0.25, 0.3) is 0 Å². The minimum atomic E-state index is -0.613. The van der Waals surface area contributed by atoms with E-state index in [1.54, 1.807) is 21.9 Å². The number of benzene rings is 1. The Labute approximate surface area is 188 Å². The first-order chi connectivity index (χ1) is 14.9. The molecular formula is C23H31ClN4O3. The highest BCUT2D eigenvalue weighted by molar-refractivity contribution is 6.30. The first-order valence-corrected chi connectivity index (χ1v) is 11.7. The molecule has 2 unspecified atom stereocenters. The highest BCUT2D eigenvalue weighted by atomic mass is 35.5. The molecule has 0 aromatic heterocycles. The van der Waals surface area contributed by atoms with Crippen LogP contribution in [0.15, 0.2) is 24.3 Å². The van der Waals surface area contributed by atoms with Crippen molar-refractivity contribution in [1.82, 2.24) is 14.7 Å². The van der Waals surface area contributed by atoms with E-state index in [-0.39, 0.29) is 17.7 Å². The molecule has 2 atom stereocenters. The molecule has 3 aliphatic rings. The third-order valence-corrected chi connectivity index (χ3v) is 7.06. The number of hydrogen-bond acceptors (Lipinski definition) is 4. The van der Waals surface area contributed by atoms with E-state index in [1.807, 2.05) is 17.0 Å². The molecule has 3 saturated heterocycles. The number of halogens is 1. The predicted octanol–water partition coefficient (Wildman–Crippen LogP) is 2.24. The van der Waals surface area contributed by atoms with E-state index >= 15 is 0 Å². The van der Waals surface area contributed by atoms with Crippen LogP contribution in [0.2, 0.25) is 5.02 Å². The summed E-state index contributed by atoms with van der Waals surface area (Å²) in [5.41, 5.74) is 0.778. The first-order valence-electron chi connectivity index (χ1n) is 11.3. The Morgan fingerprint density at radius 3 is 2.35 bits per heavy atom. The van der Waals surface area contributed by atoms with E-state index in [0.717, 1.165) is 25.1 Å². The zero-order valence-corrected chi connectivity index (χ0v) is 18.9. The van der Waals surface area contributed by atoms with Crippen LogP contribution in [0, 0.1) is 5.92 Å². The van der Waals surface area contributed by atoms with E-state index in [9.17, 15) is 14.4 Å². The summed E-state index contributed by atoms with van der Waals surface area (Å²) in [6, 6.07) is 7.45. The fourth-order valence-corrected chi connectivity index (χ4v) is 5.01. The van der Waals surface area contributed by atoms with Crippen LogP contribution >= 0.6 is 11.6 Å². The normalized spacial score (nSPS) is 25.2. The average molecular weight is 447 g/mol. The lowest BCUT2D eigenvalue weighted by molar-refractivity contribution is -0.141. The van der Waals surface area contributed by atoms with Crippen LogP contribution in [-0.4, -0.2) is 84.3 Å². The van der Waals surface area contributed by atoms with Crippen molar-refractivity contribution in [1.29, 1.82) is 0 Å². The Bertz CT molecular complexity index is 823. The lowest BCUT2D eigenvalue weighted by Crippen LogP contribution is -2.54. The number of amides is 3. The van der Waals surface area contributed by atoms with Gasteiger partial charge in [0.2, 0.25) is 17.7 Å². The monoisotopic (exact) mass is 446 g/mol. The minimum Gasteiger partial charge on any atom is -0.339 e. The van der Waals surface area contributed by atoms with Crippen molar-refractivity contribution in [3.8, 4) is 0 Å². The third kappa shape index (κ3) is 4.88. The molecule has 7 nitrogen and oxygen atoms in total. The first kappa shape index (κ1) is 22.1. The number of hydrogen-bond donors (Lipinski definition) is 0. The maximum Gasteiger partial charge on any atom is 0.239 e. The fraction of sp³-hybridized carbons (Fsp3) is 0.609. The number of carbonyl (C=O) groups is 3.